The molecule has 0 spiro atoms. The van der Waals surface area contributed by atoms with Gasteiger partial charge in [-0.25, -0.2) is 0 Å². The minimum Gasteiger partial charge on any atom is -0.497 e. The van der Waals surface area contributed by atoms with Gasteiger partial charge >= 0.3 is 0 Å². The van der Waals surface area contributed by atoms with Crippen molar-refractivity contribution in [3.63, 3.8) is 0 Å². The van der Waals surface area contributed by atoms with E-state index < -0.39 is 0 Å². The predicted octanol–water partition coefficient (Wildman–Crippen LogP) is 2.94. The molecule has 1 saturated carbocycles. The van der Waals surface area contributed by atoms with Gasteiger partial charge in [-0.05, 0) is 61.4 Å². The van der Waals surface area contributed by atoms with Crippen molar-refractivity contribution < 1.29 is 14.3 Å². The SMILES string of the molecule is COc1cccc(C(=O)NCC2CCC(C(=O)NCc3cccnc3)CC2)c1. The molecule has 0 aliphatic heterocycles. The maximum absolute atomic E-state index is 12.4. The number of aromatic nitrogens is 1. The molecule has 1 heterocycles. The zero-order chi connectivity index (χ0) is 19.8. The number of hydrogen-bond acceptors (Lipinski definition) is 4. The van der Waals surface area contributed by atoms with Gasteiger partial charge in [0.2, 0.25) is 5.91 Å². The van der Waals surface area contributed by atoms with E-state index in [2.05, 4.69) is 15.6 Å². The minimum absolute atomic E-state index is 0.0574. The molecule has 2 amide bonds. The molecule has 6 nitrogen and oxygen atoms in total. The predicted molar refractivity (Wildman–Crippen MR) is 107 cm³/mol. The molecule has 1 aliphatic carbocycles. The average Bonchev–Trinajstić information content (AvgIpc) is 2.77. The number of nitrogens with one attached hydrogen (secondary N) is 2. The fourth-order valence-corrected chi connectivity index (χ4v) is 3.57. The van der Waals surface area contributed by atoms with Gasteiger partial charge in [0.05, 0.1) is 7.11 Å². The Balaban J connectivity index is 1.39. The van der Waals surface area contributed by atoms with E-state index in [0.29, 0.717) is 30.3 Å². The molecule has 6 heteroatoms. The quantitative estimate of drug-likeness (QED) is 0.773. The molecule has 0 saturated heterocycles. The Morgan fingerprint density at radius 3 is 2.64 bits per heavy atom. The van der Waals surface area contributed by atoms with E-state index in [1.54, 1.807) is 31.6 Å². The second-order valence-corrected chi connectivity index (χ2v) is 7.24. The number of methoxy groups -OCH3 is 1. The monoisotopic (exact) mass is 381 g/mol. The van der Waals surface area contributed by atoms with E-state index in [4.69, 9.17) is 4.74 Å². The largest absolute Gasteiger partial charge is 0.497 e. The number of amides is 2. The number of hydrogen-bond donors (Lipinski definition) is 2. The zero-order valence-corrected chi connectivity index (χ0v) is 16.2. The Labute approximate surface area is 165 Å². The molecule has 3 rings (SSSR count). The van der Waals surface area contributed by atoms with Crippen LogP contribution in [0.2, 0.25) is 0 Å². The van der Waals surface area contributed by atoms with Crippen LogP contribution in [0.5, 0.6) is 5.75 Å². The summed E-state index contributed by atoms with van der Waals surface area (Å²) in [4.78, 5) is 28.7. The first kappa shape index (κ1) is 19.9. The highest BCUT2D eigenvalue weighted by molar-refractivity contribution is 5.94. The molecule has 2 aromatic rings. The van der Waals surface area contributed by atoms with Crippen molar-refractivity contribution in [3.05, 3.63) is 59.9 Å². The highest BCUT2D eigenvalue weighted by atomic mass is 16.5. The summed E-state index contributed by atoms with van der Waals surface area (Å²) in [6.07, 6.45) is 7.10. The Morgan fingerprint density at radius 1 is 1.11 bits per heavy atom. The van der Waals surface area contributed by atoms with Crippen LogP contribution in [0.1, 0.15) is 41.6 Å². The summed E-state index contributed by atoms with van der Waals surface area (Å²) in [6, 6.07) is 11.0. The lowest BCUT2D eigenvalue weighted by molar-refractivity contribution is -0.126. The van der Waals surface area contributed by atoms with Crippen molar-refractivity contribution in [1.82, 2.24) is 15.6 Å². The summed E-state index contributed by atoms with van der Waals surface area (Å²) in [6.45, 7) is 1.16. The molecule has 0 atom stereocenters. The fraction of sp³-hybridized carbons (Fsp3) is 0.409. The first-order valence-electron chi connectivity index (χ1n) is 9.74. The van der Waals surface area contributed by atoms with Gasteiger partial charge in [0.15, 0.2) is 0 Å². The molecule has 148 valence electrons. The highest BCUT2D eigenvalue weighted by Crippen LogP contribution is 2.28. The molecule has 0 bridgehead atoms. The summed E-state index contributed by atoms with van der Waals surface area (Å²) < 4.78 is 5.16. The van der Waals surface area contributed by atoms with Gasteiger partial charge < -0.3 is 15.4 Å². The number of carbonyl (C=O) groups excluding carboxylic acids is 2. The normalized spacial score (nSPS) is 18.9. The van der Waals surface area contributed by atoms with Crippen LogP contribution in [0.4, 0.5) is 0 Å². The van der Waals surface area contributed by atoms with E-state index in [1.807, 2.05) is 24.3 Å². The van der Waals surface area contributed by atoms with Crippen LogP contribution >= 0.6 is 0 Å². The molecule has 2 N–H and O–H groups in total. The van der Waals surface area contributed by atoms with Gasteiger partial charge in [-0.2, -0.15) is 0 Å². The molecule has 1 aromatic carbocycles. The standard InChI is InChI=1S/C22H27N3O3/c1-28-20-6-2-5-19(12-20)22(27)24-14-16-7-9-18(10-8-16)21(26)25-15-17-4-3-11-23-13-17/h2-6,11-13,16,18H,7-10,14-15H2,1H3,(H,24,27)(H,25,26). The van der Waals surface area contributed by atoms with Gasteiger partial charge in [0.1, 0.15) is 5.75 Å². The van der Waals surface area contributed by atoms with Gasteiger partial charge in [0, 0.05) is 37.0 Å². The Morgan fingerprint density at radius 2 is 1.93 bits per heavy atom. The van der Waals surface area contributed by atoms with Crippen molar-refractivity contribution in [2.45, 2.75) is 32.2 Å². The van der Waals surface area contributed by atoms with Gasteiger partial charge in [0.25, 0.3) is 5.91 Å². The van der Waals surface area contributed by atoms with E-state index >= 15 is 0 Å². The Bertz CT molecular complexity index is 787. The van der Waals surface area contributed by atoms with Crippen LogP contribution in [0.3, 0.4) is 0 Å². The Kier molecular flexibility index (Phi) is 7.00. The minimum atomic E-state index is -0.0877. The number of nitrogens with zero attached hydrogens (tertiary/aromatic N) is 1. The molecule has 0 radical (unpaired) electrons. The Hall–Kier alpha value is -2.89. The third-order valence-electron chi connectivity index (χ3n) is 5.29. The number of benzene rings is 1. The maximum Gasteiger partial charge on any atom is 0.251 e. The van der Waals surface area contributed by atoms with Crippen molar-refractivity contribution in [2.24, 2.45) is 11.8 Å². The molecular weight excluding hydrogens is 354 g/mol. The van der Waals surface area contributed by atoms with E-state index in [9.17, 15) is 9.59 Å². The van der Waals surface area contributed by atoms with Crippen molar-refractivity contribution in [3.8, 4) is 5.75 Å². The summed E-state index contributed by atoms with van der Waals surface area (Å²) in [5, 5.41) is 6.01. The molecular formula is C22H27N3O3. The topological polar surface area (TPSA) is 80.3 Å². The van der Waals surface area contributed by atoms with Crippen LogP contribution in [0.25, 0.3) is 0 Å². The number of rotatable bonds is 7. The van der Waals surface area contributed by atoms with Crippen LogP contribution in [-0.4, -0.2) is 30.5 Å². The summed E-state index contributed by atoms with van der Waals surface area (Å²) in [7, 11) is 1.59. The first-order valence-corrected chi connectivity index (χ1v) is 9.74. The van der Waals surface area contributed by atoms with E-state index in [0.717, 1.165) is 31.2 Å². The van der Waals surface area contributed by atoms with Crippen LogP contribution in [-0.2, 0) is 11.3 Å². The average molecular weight is 381 g/mol. The molecule has 28 heavy (non-hydrogen) atoms. The smallest absolute Gasteiger partial charge is 0.251 e. The van der Waals surface area contributed by atoms with Crippen molar-refractivity contribution in [1.29, 1.82) is 0 Å². The number of carbonyl (C=O) groups is 2. The summed E-state index contributed by atoms with van der Waals surface area (Å²) in [5.74, 6) is 1.17. The third-order valence-corrected chi connectivity index (χ3v) is 5.29. The van der Waals surface area contributed by atoms with Crippen molar-refractivity contribution in [2.75, 3.05) is 13.7 Å². The third kappa shape index (κ3) is 5.55. The number of pyridine rings is 1. The van der Waals surface area contributed by atoms with E-state index in [-0.39, 0.29) is 17.7 Å². The molecule has 0 unspecified atom stereocenters. The zero-order valence-electron chi connectivity index (χ0n) is 16.2. The second-order valence-electron chi connectivity index (χ2n) is 7.24. The molecule has 1 fully saturated rings. The van der Waals surface area contributed by atoms with Gasteiger partial charge in [-0.3, -0.25) is 14.6 Å². The summed E-state index contributed by atoms with van der Waals surface area (Å²) >= 11 is 0. The second kappa shape index (κ2) is 9.88. The van der Waals surface area contributed by atoms with Crippen LogP contribution < -0.4 is 15.4 Å². The highest BCUT2D eigenvalue weighted by Gasteiger charge is 2.26. The lowest BCUT2D eigenvalue weighted by Crippen LogP contribution is -2.36. The molecule has 1 aliphatic rings. The fourth-order valence-electron chi connectivity index (χ4n) is 3.57. The van der Waals surface area contributed by atoms with E-state index in [1.165, 1.54) is 0 Å². The summed E-state index contributed by atoms with van der Waals surface area (Å²) in [5.41, 5.74) is 1.60. The lowest BCUT2D eigenvalue weighted by Gasteiger charge is -2.28. The number of ether oxygens (including phenoxy) is 1. The first-order chi connectivity index (χ1) is 13.7. The van der Waals surface area contributed by atoms with Gasteiger partial charge in [-0.1, -0.05) is 12.1 Å². The maximum atomic E-state index is 12.4. The lowest BCUT2D eigenvalue weighted by atomic mass is 9.81. The molecule has 1 aromatic heterocycles. The van der Waals surface area contributed by atoms with Crippen LogP contribution in [0, 0.1) is 11.8 Å². The van der Waals surface area contributed by atoms with Crippen LogP contribution in [0.15, 0.2) is 48.8 Å². The van der Waals surface area contributed by atoms with Gasteiger partial charge in [-0.15, -0.1) is 0 Å². The van der Waals surface area contributed by atoms with Crippen molar-refractivity contribution >= 4 is 11.8 Å².